The topological polar surface area (TPSA) is 90.2 Å². The van der Waals surface area contributed by atoms with Crippen LogP contribution in [0.3, 0.4) is 0 Å². The van der Waals surface area contributed by atoms with Gasteiger partial charge in [-0.15, -0.1) is 10.2 Å². The van der Waals surface area contributed by atoms with Crippen molar-refractivity contribution in [2.45, 2.75) is 19.4 Å². The van der Waals surface area contributed by atoms with Crippen LogP contribution in [0.4, 0.5) is 5.69 Å². The predicted octanol–water partition coefficient (Wildman–Crippen LogP) is 1.92. The molecule has 8 nitrogen and oxygen atoms in total. The SMILES string of the molecule is O=C(Cn1nnc(-c2ccsc2)n1)OCC(=O)N1CCCc2ccccc21. The summed E-state index contributed by atoms with van der Waals surface area (Å²) in [6.07, 6.45) is 1.84. The molecule has 1 aliphatic heterocycles. The summed E-state index contributed by atoms with van der Waals surface area (Å²) in [4.78, 5) is 27.3. The lowest BCUT2D eigenvalue weighted by atomic mass is 10.0. The molecule has 1 aromatic carbocycles. The van der Waals surface area contributed by atoms with Gasteiger partial charge < -0.3 is 9.64 Å². The number of ether oxygens (including phenoxy) is 1. The summed E-state index contributed by atoms with van der Waals surface area (Å²) in [5.41, 5.74) is 2.87. The Kier molecular flexibility index (Phi) is 4.93. The standard InChI is InChI=1S/C18H17N5O3S/c24-16(22-8-3-5-13-4-1-2-6-15(13)22)11-26-17(25)10-23-20-18(19-21-23)14-7-9-27-12-14/h1-2,4,6-7,9,12H,3,5,8,10-11H2. The zero-order valence-electron chi connectivity index (χ0n) is 14.4. The van der Waals surface area contributed by atoms with E-state index in [4.69, 9.17) is 4.74 Å². The number of thiophene rings is 1. The number of nitrogens with zero attached hydrogens (tertiary/aromatic N) is 5. The van der Waals surface area contributed by atoms with Gasteiger partial charge in [0, 0.05) is 23.2 Å². The fraction of sp³-hybridized carbons (Fsp3) is 0.278. The molecule has 138 valence electrons. The van der Waals surface area contributed by atoms with Crippen LogP contribution in [0.1, 0.15) is 12.0 Å². The molecule has 0 spiro atoms. The zero-order chi connectivity index (χ0) is 18.6. The number of hydrogen-bond donors (Lipinski definition) is 0. The van der Waals surface area contributed by atoms with Crippen LogP contribution in [0.2, 0.25) is 0 Å². The second kappa shape index (κ2) is 7.67. The van der Waals surface area contributed by atoms with Crippen LogP contribution in [0, 0.1) is 0 Å². The number of aromatic nitrogens is 4. The van der Waals surface area contributed by atoms with Crippen molar-refractivity contribution in [1.29, 1.82) is 0 Å². The Morgan fingerprint density at radius 1 is 1.22 bits per heavy atom. The molecule has 9 heteroatoms. The summed E-state index contributed by atoms with van der Waals surface area (Å²) in [6, 6.07) is 9.67. The lowest BCUT2D eigenvalue weighted by Gasteiger charge is -2.29. The van der Waals surface area contributed by atoms with Gasteiger partial charge in [-0.1, -0.05) is 18.2 Å². The molecule has 0 saturated carbocycles. The van der Waals surface area contributed by atoms with E-state index in [-0.39, 0.29) is 19.1 Å². The van der Waals surface area contributed by atoms with Crippen molar-refractivity contribution < 1.29 is 14.3 Å². The van der Waals surface area contributed by atoms with Gasteiger partial charge in [-0.25, -0.2) is 4.79 Å². The normalized spacial score (nSPS) is 13.3. The number of esters is 1. The molecule has 1 amide bonds. The first-order valence-electron chi connectivity index (χ1n) is 8.55. The van der Waals surface area contributed by atoms with Crippen molar-refractivity contribution in [3.05, 3.63) is 46.7 Å². The number of fused-ring (bicyclic) bond motifs is 1. The first-order valence-corrected chi connectivity index (χ1v) is 9.49. The number of benzene rings is 1. The molecule has 0 atom stereocenters. The fourth-order valence-corrected chi connectivity index (χ4v) is 3.63. The van der Waals surface area contributed by atoms with Crippen LogP contribution < -0.4 is 4.90 Å². The maximum Gasteiger partial charge on any atom is 0.330 e. The van der Waals surface area contributed by atoms with E-state index in [2.05, 4.69) is 15.4 Å². The molecule has 0 aliphatic carbocycles. The first kappa shape index (κ1) is 17.3. The quantitative estimate of drug-likeness (QED) is 0.625. The Morgan fingerprint density at radius 3 is 2.96 bits per heavy atom. The van der Waals surface area contributed by atoms with Crippen LogP contribution in [-0.4, -0.2) is 45.2 Å². The van der Waals surface area contributed by atoms with Gasteiger partial charge in [0.2, 0.25) is 5.82 Å². The van der Waals surface area contributed by atoms with Crippen molar-refractivity contribution in [3.8, 4) is 11.4 Å². The Bertz CT molecular complexity index is 954. The molecule has 0 fully saturated rings. The minimum Gasteiger partial charge on any atom is -0.454 e. The Balaban J connectivity index is 1.33. The van der Waals surface area contributed by atoms with Gasteiger partial charge in [0.1, 0.15) is 0 Å². The van der Waals surface area contributed by atoms with E-state index < -0.39 is 5.97 Å². The summed E-state index contributed by atoms with van der Waals surface area (Å²) < 4.78 is 5.12. The number of rotatable bonds is 5. The highest BCUT2D eigenvalue weighted by Crippen LogP contribution is 2.26. The average Bonchev–Trinajstić information content (AvgIpc) is 3.37. The summed E-state index contributed by atoms with van der Waals surface area (Å²) >= 11 is 1.53. The van der Waals surface area contributed by atoms with Crippen molar-refractivity contribution in [3.63, 3.8) is 0 Å². The molecule has 4 rings (SSSR count). The number of hydrogen-bond acceptors (Lipinski definition) is 7. The summed E-state index contributed by atoms with van der Waals surface area (Å²) in [7, 11) is 0. The number of aryl methyl sites for hydroxylation is 1. The van der Waals surface area contributed by atoms with Crippen LogP contribution in [0.5, 0.6) is 0 Å². The van der Waals surface area contributed by atoms with Gasteiger partial charge in [0.05, 0.1) is 0 Å². The van der Waals surface area contributed by atoms with Crippen LogP contribution in [0.15, 0.2) is 41.1 Å². The number of carbonyl (C=O) groups excluding carboxylic acids is 2. The zero-order valence-corrected chi connectivity index (χ0v) is 15.3. The van der Waals surface area contributed by atoms with E-state index in [0.717, 1.165) is 34.5 Å². The molecule has 27 heavy (non-hydrogen) atoms. The second-order valence-corrected chi connectivity index (χ2v) is 6.87. The highest BCUT2D eigenvalue weighted by Gasteiger charge is 2.23. The van der Waals surface area contributed by atoms with Gasteiger partial charge in [-0.2, -0.15) is 16.1 Å². The van der Waals surface area contributed by atoms with Crippen molar-refractivity contribution in [1.82, 2.24) is 20.2 Å². The number of anilines is 1. The predicted molar refractivity (Wildman–Crippen MR) is 99.2 cm³/mol. The maximum atomic E-state index is 12.5. The minimum atomic E-state index is -0.581. The van der Waals surface area contributed by atoms with E-state index in [1.165, 1.54) is 11.3 Å². The summed E-state index contributed by atoms with van der Waals surface area (Å²) in [5.74, 6) is -0.367. The highest BCUT2D eigenvalue weighted by atomic mass is 32.1. The lowest BCUT2D eigenvalue weighted by Crippen LogP contribution is -2.38. The molecule has 0 saturated heterocycles. The van der Waals surface area contributed by atoms with E-state index in [0.29, 0.717) is 12.4 Å². The first-order chi connectivity index (χ1) is 13.2. The third-order valence-corrected chi connectivity index (χ3v) is 4.95. The van der Waals surface area contributed by atoms with Crippen molar-refractivity contribution in [2.24, 2.45) is 0 Å². The van der Waals surface area contributed by atoms with Gasteiger partial charge in [-0.3, -0.25) is 4.79 Å². The molecular formula is C18H17N5O3S. The lowest BCUT2D eigenvalue weighted by molar-refractivity contribution is -0.148. The molecule has 2 aromatic heterocycles. The monoisotopic (exact) mass is 383 g/mol. The number of tetrazole rings is 1. The molecular weight excluding hydrogens is 366 g/mol. The minimum absolute atomic E-state index is 0.193. The molecule has 0 bridgehead atoms. The molecule has 3 heterocycles. The van der Waals surface area contributed by atoms with Crippen LogP contribution in [-0.2, 0) is 27.3 Å². The Hall–Kier alpha value is -3.07. The molecule has 1 aliphatic rings. The Labute approximate surface area is 159 Å². The highest BCUT2D eigenvalue weighted by molar-refractivity contribution is 7.08. The van der Waals surface area contributed by atoms with Gasteiger partial charge >= 0.3 is 5.97 Å². The van der Waals surface area contributed by atoms with E-state index >= 15 is 0 Å². The summed E-state index contributed by atoms with van der Waals surface area (Å²) in [5, 5.41) is 15.7. The third kappa shape index (κ3) is 3.87. The van der Waals surface area contributed by atoms with Crippen LogP contribution in [0.25, 0.3) is 11.4 Å². The molecule has 0 unspecified atom stereocenters. The van der Waals surface area contributed by atoms with Crippen molar-refractivity contribution in [2.75, 3.05) is 18.1 Å². The largest absolute Gasteiger partial charge is 0.454 e. The number of para-hydroxylation sites is 1. The van der Waals surface area contributed by atoms with Gasteiger partial charge in [0.25, 0.3) is 5.91 Å². The summed E-state index contributed by atoms with van der Waals surface area (Å²) in [6.45, 7) is 0.127. The smallest absolute Gasteiger partial charge is 0.330 e. The third-order valence-electron chi connectivity index (χ3n) is 4.27. The number of carbonyl (C=O) groups is 2. The Morgan fingerprint density at radius 2 is 2.11 bits per heavy atom. The van der Waals surface area contributed by atoms with Gasteiger partial charge in [-0.05, 0) is 41.1 Å². The molecule has 3 aromatic rings. The maximum absolute atomic E-state index is 12.5. The molecule has 0 N–H and O–H groups in total. The average molecular weight is 383 g/mol. The van der Waals surface area contributed by atoms with E-state index in [1.54, 1.807) is 4.90 Å². The second-order valence-electron chi connectivity index (χ2n) is 6.09. The number of amides is 1. The molecule has 0 radical (unpaired) electrons. The van der Waals surface area contributed by atoms with Crippen LogP contribution >= 0.6 is 11.3 Å². The van der Waals surface area contributed by atoms with Gasteiger partial charge in [0.15, 0.2) is 13.2 Å². The van der Waals surface area contributed by atoms with Crippen molar-refractivity contribution >= 4 is 28.9 Å². The fourth-order valence-electron chi connectivity index (χ4n) is 2.99. The van der Waals surface area contributed by atoms with E-state index in [9.17, 15) is 9.59 Å². The van der Waals surface area contributed by atoms with E-state index in [1.807, 2.05) is 41.1 Å².